The van der Waals surface area contributed by atoms with Crippen molar-refractivity contribution in [3.05, 3.63) is 0 Å². The first-order valence-electron chi connectivity index (χ1n) is 3.96. The van der Waals surface area contributed by atoms with Gasteiger partial charge >= 0.3 is 5.97 Å². The van der Waals surface area contributed by atoms with Crippen molar-refractivity contribution in [3.63, 3.8) is 0 Å². The lowest BCUT2D eigenvalue weighted by Crippen LogP contribution is -2.36. The van der Waals surface area contributed by atoms with Gasteiger partial charge in [-0.25, -0.2) is 0 Å². The van der Waals surface area contributed by atoms with Crippen LogP contribution in [0.2, 0.25) is 0 Å². The molecule has 0 aromatic heterocycles. The molecular weight excluding hydrogens is 271 g/mol. The van der Waals surface area contributed by atoms with E-state index < -0.39 is 0 Å². The van der Waals surface area contributed by atoms with Gasteiger partial charge in [-0.15, -0.1) is 0 Å². The number of cyclic esters (lactones) is 1. The van der Waals surface area contributed by atoms with Gasteiger partial charge in [0.1, 0.15) is 6.10 Å². The third kappa shape index (κ3) is 2.90. The molecule has 1 aliphatic heterocycles. The Morgan fingerprint density at radius 2 is 2.25 bits per heavy atom. The van der Waals surface area contributed by atoms with Crippen molar-refractivity contribution < 1.29 is 14.3 Å². The molecule has 12 heavy (non-hydrogen) atoms. The fourth-order valence-corrected chi connectivity index (χ4v) is 1.24. The van der Waals surface area contributed by atoms with Gasteiger partial charge in [0, 0.05) is 0 Å². The highest BCUT2D eigenvalue weighted by atomic mass is 127. The molecule has 4 heteroatoms. The van der Waals surface area contributed by atoms with Crippen molar-refractivity contribution >= 4 is 28.6 Å². The van der Waals surface area contributed by atoms with Gasteiger partial charge in [-0.2, -0.15) is 0 Å². The van der Waals surface area contributed by atoms with E-state index in [0.29, 0.717) is 19.6 Å². The van der Waals surface area contributed by atoms with Crippen molar-refractivity contribution in [2.45, 2.75) is 29.8 Å². The van der Waals surface area contributed by atoms with E-state index in [1.54, 1.807) is 0 Å². The summed E-state index contributed by atoms with van der Waals surface area (Å²) in [6.45, 7) is 5.06. The molecule has 1 aliphatic rings. The lowest BCUT2D eigenvalue weighted by Gasteiger charge is -2.26. The Kier molecular flexibility index (Phi) is 3.34. The third-order valence-electron chi connectivity index (χ3n) is 1.76. The molecule has 1 saturated heterocycles. The average Bonchev–Trinajstić information content (AvgIpc) is 2.11. The Hall–Kier alpha value is 0.160. The molecule has 0 radical (unpaired) electrons. The summed E-state index contributed by atoms with van der Waals surface area (Å²) in [5, 5.41) is 0. The molecule has 0 bridgehead atoms. The summed E-state index contributed by atoms with van der Waals surface area (Å²) < 4.78 is 10.4. The average molecular weight is 284 g/mol. The lowest BCUT2D eigenvalue weighted by molar-refractivity contribution is -0.148. The van der Waals surface area contributed by atoms with Gasteiger partial charge in [-0.3, -0.25) is 4.79 Å². The van der Waals surface area contributed by atoms with Crippen molar-refractivity contribution in [2.24, 2.45) is 0 Å². The number of hydrogen-bond donors (Lipinski definition) is 0. The van der Waals surface area contributed by atoms with E-state index in [-0.39, 0.29) is 15.5 Å². The smallest absolute Gasteiger partial charge is 0.308 e. The first kappa shape index (κ1) is 10.2. The van der Waals surface area contributed by atoms with Crippen LogP contribution in [-0.2, 0) is 14.3 Å². The largest absolute Gasteiger partial charge is 0.458 e. The number of halogens is 1. The number of rotatable bonds is 1. The first-order valence-corrected chi connectivity index (χ1v) is 5.04. The second-order valence-corrected chi connectivity index (χ2v) is 6.15. The Labute approximate surface area is 85.9 Å². The van der Waals surface area contributed by atoms with E-state index in [2.05, 4.69) is 22.6 Å². The van der Waals surface area contributed by atoms with Crippen LogP contribution in [0.5, 0.6) is 0 Å². The summed E-state index contributed by atoms with van der Waals surface area (Å²) in [6, 6.07) is 0. The van der Waals surface area contributed by atoms with Crippen LogP contribution in [0.15, 0.2) is 0 Å². The van der Waals surface area contributed by atoms with E-state index >= 15 is 0 Å². The zero-order chi connectivity index (χ0) is 9.19. The maximum Gasteiger partial charge on any atom is 0.308 e. The summed E-state index contributed by atoms with van der Waals surface area (Å²) in [5.41, 5.74) is 0. The zero-order valence-electron chi connectivity index (χ0n) is 7.30. The molecule has 0 N–H and O–H groups in total. The monoisotopic (exact) mass is 284 g/mol. The summed E-state index contributed by atoms with van der Waals surface area (Å²) >= 11 is 2.27. The molecule has 3 nitrogen and oxygen atoms in total. The van der Waals surface area contributed by atoms with Crippen molar-refractivity contribution in [1.29, 1.82) is 0 Å². The second kappa shape index (κ2) is 3.91. The van der Waals surface area contributed by atoms with E-state index in [1.807, 2.05) is 13.8 Å². The van der Waals surface area contributed by atoms with Gasteiger partial charge in [-0.05, 0) is 13.8 Å². The summed E-state index contributed by atoms with van der Waals surface area (Å²) in [7, 11) is 0. The van der Waals surface area contributed by atoms with Crippen molar-refractivity contribution in [2.75, 3.05) is 13.2 Å². The maximum absolute atomic E-state index is 11.0. The summed E-state index contributed by atoms with van der Waals surface area (Å²) in [6.07, 6.45) is 0.261. The van der Waals surface area contributed by atoms with Crippen LogP contribution in [0.4, 0.5) is 0 Å². The first-order chi connectivity index (χ1) is 5.50. The number of hydrogen-bond acceptors (Lipinski definition) is 3. The van der Waals surface area contributed by atoms with Gasteiger partial charge < -0.3 is 9.47 Å². The zero-order valence-corrected chi connectivity index (χ0v) is 9.46. The van der Waals surface area contributed by atoms with Gasteiger partial charge in [0.05, 0.1) is 23.1 Å². The van der Waals surface area contributed by atoms with Crippen molar-refractivity contribution in [3.8, 4) is 0 Å². The summed E-state index contributed by atoms with van der Waals surface area (Å²) in [5.74, 6) is -0.151. The molecule has 1 rings (SSSR count). The molecule has 0 aliphatic carbocycles. The second-order valence-electron chi connectivity index (χ2n) is 3.37. The van der Waals surface area contributed by atoms with Crippen LogP contribution in [0.3, 0.4) is 0 Å². The maximum atomic E-state index is 11.0. The molecular formula is C8H13IO3. The Bertz CT molecular complexity index is 174. The normalized spacial score (nSPS) is 26.2. The minimum atomic E-state index is -0.151. The molecule has 0 amide bonds. The highest BCUT2D eigenvalue weighted by molar-refractivity contribution is 14.1. The lowest BCUT2D eigenvalue weighted by atomic mass is 10.1. The molecule has 1 fully saturated rings. The van der Waals surface area contributed by atoms with Crippen LogP contribution in [-0.4, -0.2) is 28.7 Å². The van der Waals surface area contributed by atoms with Gasteiger partial charge in [-0.1, -0.05) is 22.6 Å². The molecule has 70 valence electrons. The minimum absolute atomic E-state index is 0.0578. The molecule has 1 atom stereocenters. The number of carbonyl (C=O) groups is 1. The molecule has 0 spiro atoms. The fraction of sp³-hybridized carbons (Fsp3) is 0.875. The molecule has 0 aromatic carbocycles. The van der Waals surface area contributed by atoms with Crippen molar-refractivity contribution in [1.82, 2.24) is 0 Å². The molecule has 0 saturated carbocycles. The van der Waals surface area contributed by atoms with Gasteiger partial charge in [0.15, 0.2) is 0 Å². The molecule has 1 heterocycles. The Balaban J connectivity index is 2.58. The van der Waals surface area contributed by atoms with Gasteiger partial charge in [0.2, 0.25) is 0 Å². The Morgan fingerprint density at radius 1 is 1.58 bits per heavy atom. The third-order valence-corrected chi connectivity index (χ3v) is 2.45. The van der Waals surface area contributed by atoms with E-state index in [4.69, 9.17) is 9.47 Å². The van der Waals surface area contributed by atoms with Crippen LogP contribution < -0.4 is 0 Å². The van der Waals surface area contributed by atoms with E-state index in [1.165, 1.54) is 0 Å². The van der Waals surface area contributed by atoms with E-state index in [9.17, 15) is 4.79 Å². The predicted octanol–water partition coefficient (Wildman–Crippen LogP) is 1.53. The Morgan fingerprint density at radius 3 is 2.83 bits per heavy atom. The number of esters is 1. The number of alkyl halides is 1. The predicted molar refractivity (Wildman–Crippen MR) is 53.4 cm³/mol. The summed E-state index contributed by atoms with van der Waals surface area (Å²) in [4.78, 5) is 11.0. The highest BCUT2D eigenvalue weighted by Gasteiger charge is 2.31. The minimum Gasteiger partial charge on any atom is -0.458 e. The van der Waals surface area contributed by atoms with Crippen LogP contribution in [0.1, 0.15) is 20.3 Å². The highest BCUT2D eigenvalue weighted by Crippen LogP contribution is 2.26. The SMILES string of the molecule is CC(C)(I)C1COCCC(=O)O1. The standard InChI is InChI=1S/C8H13IO3/c1-8(2,9)6-5-11-4-3-7(10)12-6/h6H,3-5H2,1-2H3. The topological polar surface area (TPSA) is 35.5 Å². The van der Waals surface area contributed by atoms with Crippen LogP contribution >= 0.6 is 22.6 Å². The van der Waals surface area contributed by atoms with E-state index in [0.717, 1.165) is 0 Å². The van der Waals surface area contributed by atoms with Crippen LogP contribution in [0, 0.1) is 0 Å². The fourth-order valence-electron chi connectivity index (χ4n) is 0.936. The number of carbonyl (C=O) groups excluding carboxylic acids is 1. The molecule has 1 unspecified atom stereocenters. The quantitative estimate of drug-likeness (QED) is 0.416. The van der Waals surface area contributed by atoms with Gasteiger partial charge in [0.25, 0.3) is 0 Å². The van der Waals surface area contributed by atoms with Crippen LogP contribution in [0.25, 0.3) is 0 Å². The molecule has 0 aromatic rings. The number of ether oxygens (including phenoxy) is 2.